The Morgan fingerprint density at radius 2 is 1.56 bits per heavy atom. The molecule has 25 heavy (non-hydrogen) atoms. The fourth-order valence-electron chi connectivity index (χ4n) is 4.08. The van der Waals surface area contributed by atoms with Crippen LogP contribution in [0.3, 0.4) is 0 Å². The van der Waals surface area contributed by atoms with Gasteiger partial charge in [-0.1, -0.05) is 6.07 Å². The van der Waals surface area contributed by atoms with Gasteiger partial charge in [0.2, 0.25) is 5.95 Å². The summed E-state index contributed by atoms with van der Waals surface area (Å²) in [7, 11) is 0. The first kappa shape index (κ1) is 16.4. The first-order valence-electron chi connectivity index (χ1n) is 9.14. The fourth-order valence-corrected chi connectivity index (χ4v) is 4.08. The molecule has 2 aromatic heterocycles. The van der Waals surface area contributed by atoms with Gasteiger partial charge in [0.1, 0.15) is 5.60 Å². The lowest BCUT2D eigenvalue weighted by atomic mass is 9.79. The number of nitrogens with zero attached hydrogens (tertiary/aromatic N) is 5. The predicted octanol–water partition coefficient (Wildman–Crippen LogP) is 1.82. The Morgan fingerprint density at radius 1 is 0.880 bits per heavy atom. The molecule has 0 aromatic carbocycles. The Morgan fingerprint density at radius 3 is 2.20 bits per heavy atom. The zero-order valence-electron chi connectivity index (χ0n) is 14.5. The Hall–Kier alpha value is -2.05. The van der Waals surface area contributed by atoms with Crippen molar-refractivity contribution >= 4 is 5.95 Å². The molecular weight excluding hydrogens is 314 g/mol. The second-order valence-corrected chi connectivity index (χ2v) is 7.05. The zero-order valence-corrected chi connectivity index (χ0v) is 14.5. The van der Waals surface area contributed by atoms with Crippen molar-refractivity contribution in [1.29, 1.82) is 0 Å². The highest BCUT2D eigenvalue weighted by Crippen LogP contribution is 2.37. The Labute approximate surface area is 148 Å². The monoisotopic (exact) mass is 339 g/mol. The third-order valence-corrected chi connectivity index (χ3v) is 5.59. The normalized spacial score (nSPS) is 28.0. The number of hydrogen-bond acceptors (Lipinski definition) is 6. The van der Waals surface area contributed by atoms with Gasteiger partial charge in [0.15, 0.2) is 0 Å². The summed E-state index contributed by atoms with van der Waals surface area (Å²) in [6, 6.07) is 8.21. The van der Waals surface area contributed by atoms with Crippen LogP contribution in [0.25, 0.3) is 0 Å². The van der Waals surface area contributed by atoms with E-state index in [2.05, 4.69) is 24.8 Å². The van der Waals surface area contributed by atoms with Crippen LogP contribution in [0.15, 0.2) is 42.9 Å². The third-order valence-electron chi connectivity index (χ3n) is 5.59. The maximum atomic E-state index is 10.9. The van der Waals surface area contributed by atoms with Crippen LogP contribution in [0.4, 0.5) is 5.95 Å². The van der Waals surface area contributed by atoms with Gasteiger partial charge < -0.3 is 10.0 Å². The molecule has 0 radical (unpaired) electrons. The van der Waals surface area contributed by atoms with E-state index < -0.39 is 5.60 Å². The highest BCUT2D eigenvalue weighted by Gasteiger charge is 2.38. The molecule has 1 saturated carbocycles. The lowest BCUT2D eigenvalue weighted by Gasteiger charge is -2.44. The molecule has 6 heteroatoms. The van der Waals surface area contributed by atoms with Gasteiger partial charge in [0, 0.05) is 50.8 Å². The lowest BCUT2D eigenvalue weighted by molar-refractivity contribution is -0.0290. The lowest BCUT2D eigenvalue weighted by Crippen LogP contribution is -2.52. The maximum absolute atomic E-state index is 10.9. The summed E-state index contributed by atoms with van der Waals surface area (Å²) in [5.74, 6) is 0.829. The number of anilines is 1. The molecule has 0 bridgehead atoms. The molecule has 0 unspecified atom stereocenters. The van der Waals surface area contributed by atoms with Crippen molar-refractivity contribution in [2.24, 2.45) is 0 Å². The van der Waals surface area contributed by atoms with Crippen LogP contribution >= 0.6 is 0 Å². The molecule has 1 saturated heterocycles. The molecule has 4 rings (SSSR count). The van der Waals surface area contributed by atoms with Gasteiger partial charge in [-0.3, -0.25) is 9.88 Å². The first-order chi connectivity index (χ1) is 12.2. The van der Waals surface area contributed by atoms with Crippen LogP contribution in [-0.2, 0) is 5.60 Å². The molecule has 2 fully saturated rings. The van der Waals surface area contributed by atoms with E-state index in [1.807, 2.05) is 24.3 Å². The Balaban J connectivity index is 1.32. The van der Waals surface area contributed by atoms with Crippen LogP contribution in [-0.4, -0.2) is 57.2 Å². The van der Waals surface area contributed by atoms with Gasteiger partial charge in [-0.15, -0.1) is 0 Å². The van der Waals surface area contributed by atoms with Crippen LogP contribution in [0.2, 0.25) is 0 Å². The summed E-state index contributed by atoms with van der Waals surface area (Å²) < 4.78 is 0. The molecule has 0 spiro atoms. The van der Waals surface area contributed by atoms with Gasteiger partial charge >= 0.3 is 0 Å². The minimum Gasteiger partial charge on any atom is -0.384 e. The molecule has 1 aliphatic carbocycles. The standard InChI is InChI=1S/C19H25N5O/c25-19(17-4-1-2-9-20-17)7-5-16(6-8-19)23-12-14-24(15-13-23)18-21-10-3-11-22-18/h1-4,9-11,16,25H,5-8,12-15H2/t16-,19+. The van der Waals surface area contributed by atoms with Crippen molar-refractivity contribution < 1.29 is 5.11 Å². The van der Waals surface area contributed by atoms with Crippen molar-refractivity contribution in [3.05, 3.63) is 48.5 Å². The van der Waals surface area contributed by atoms with E-state index in [1.165, 1.54) is 0 Å². The van der Waals surface area contributed by atoms with Gasteiger partial charge in [0.25, 0.3) is 0 Å². The van der Waals surface area contributed by atoms with Crippen molar-refractivity contribution in [3.63, 3.8) is 0 Å². The van der Waals surface area contributed by atoms with Gasteiger partial charge in [-0.25, -0.2) is 9.97 Å². The molecule has 132 valence electrons. The summed E-state index contributed by atoms with van der Waals surface area (Å²) in [5, 5.41) is 10.9. The summed E-state index contributed by atoms with van der Waals surface area (Å²) >= 11 is 0. The number of piperazine rings is 1. The minimum absolute atomic E-state index is 0.558. The topological polar surface area (TPSA) is 65.4 Å². The SMILES string of the molecule is O[C@]1(c2ccccn2)CC[C@H](N2CCN(c3ncccn3)CC2)CC1. The summed E-state index contributed by atoms with van der Waals surface area (Å²) in [6.07, 6.45) is 8.99. The summed E-state index contributed by atoms with van der Waals surface area (Å²) in [6.45, 7) is 3.99. The zero-order chi connectivity index (χ0) is 17.1. The molecule has 0 atom stereocenters. The van der Waals surface area contributed by atoms with E-state index in [1.54, 1.807) is 18.6 Å². The molecule has 1 N–H and O–H groups in total. The van der Waals surface area contributed by atoms with E-state index in [-0.39, 0.29) is 0 Å². The molecule has 0 amide bonds. The van der Waals surface area contributed by atoms with Crippen molar-refractivity contribution in [3.8, 4) is 0 Å². The van der Waals surface area contributed by atoms with Gasteiger partial charge in [0.05, 0.1) is 5.69 Å². The number of aliphatic hydroxyl groups is 1. The molecule has 6 nitrogen and oxygen atoms in total. The minimum atomic E-state index is -0.753. The summed E-state index contributed by atoms with van der Waals surface area (Å²) in [5.41, 5.74) is 0.0665. The fraction of sp³-hybridized carbons (Fsp3) is 0.526. The van der Waals surface area contributed by atoms with Crippen molar-refractivity contribution in [2.75, 3.05) is 31.1 Å². The highest BCUT2D eigenvalue weighted by atomic mass is 16.3. The highest BCUT2D eigenvalue weighted by molar-refractivity contribution is 5.29. The average Bonchev–Trinajstić information content (AvgIpc) is 2.70. The molecular formula is C19H25N5O. The third kappa shape index (κ3) is 3.50. The number of aromatic nitrogens is 3. The van der Waals surface area contributed by atoms with Gasteiger partial charge in [-0.05, 0) is 43.9 Å². The molecule has 3 heterocycles. The van der Waals surface area contributed by atoms with Crippen LogP contribution in [0.1, 0.15) is 31.4 Å². The molecule has 1 aliphatic heterocycles. The molecule has 2 aromatic rings. The Bertz CT molecular complexity index is 665. The number of pyridine rings is 1. The average molecular weight is 339 g/mol. The van der Waals surface area contributed by atoms with Gasteiger partial charge in [-0.2, -0.15) is 0 Å². The van der Waals surface area contributed by atoms with Crippen LogP contribution in [0, 0.1) is 0 Å². The van der Waals surface area contributed by atoms with E-state index >= 15 is 0 Å². The summed E-state index contributed by atoms with van der Waals surface area (Å²) in [4.78, 5) is 17.9. The van der Waals surface area contributed by atoms with Crippen LogP contribution < -0.4 is 4.90 Å². The second kappa shape index (κ2) is 7.06. The van der Waals surface area contributed by atoms with E-state index in [9.17, 15) is 5.11 Å². The van der Waals surface area contributed by atoms with E-state index in [0.717, 1.165) is 63.5 Å². The largest absolute Gasteiger partial charge is 0.384 e. The second-order valence-electron chi connectivity index (χ2n) is 7.05. The Kier molecular flexibility index (Phi) is 4.63. The maximum Gasteiger partial charge on any atom is 0.225 e. The van der Waals surface area contributed by atoms with E-state index in [4.69, 9.17) is 0 Å². The first-order valence-corrected chi connectivity index (χ1v) is 9.14. The number of hydrogen-bond donors (Lipinski definition) is 1. The molecule has 2 aliphatic rings. The quantitative estimate of drug-likeness (QED) is 0.920. The van der Waals surface area contributed by atoms with Crippen LogP contribution in [0.5, 0.6) is 0 Å². The van der Waals surface area contributed by atoms with E-state index in [0.29, 0.717) is 6.04 Å². The predicted molar refractivity (Wildman–Crippen MR) is 96.2 cm³/mol. The van der Waals surface area contributed by atoms with Crippen molar-refractivity contribution in [2.45, 2.75) is 37.3 Å². The number of rotatable bonds is 3. The van der Waals surface area contributed by atoms with Crippen molar-refractivity contribution in [1.82, 2.24) is 19.9 Å². The smallest absolute Gasteiger partial charge is 0.225 e.